The van der Waals surface area contributed by atoms with Crippen LogP contribution in [-0.2, 0) is 4.79 Å². The molecule has 1 aromatic heterocycles. The van der Waals surface area contributed by atoms with Crippen molar-refractivity contribution in [2.45, 2.75) is 0 Å². The Balaban J connectivity index is 1.82. The highest BCUT2D eigenvalue weighted by atomic mass is 32.1. The van der Waals surface area contributed by atoms with Gasteiger partial charge in [0.1, 0.15) is 11.5 Å². The number of benzene rings is 2. The molecule has 1 aliphatic rings. The van der Waals surface area contributed by atoms with Crippen LogP contribution in [0, 0.1) is 3.95 Å². The summed E-state index contributed by atoms with van der Waals surface area (Å²) in [5.74, 6) is 0.166. The number of thiazole rings is 1. The number of rotatable bonds is 3. The largest absolute Gasteiger partial charge is 0.508 e. The first-order valence-corrected chi connectivity index (χ1v) is 9.43. The summed E-state index contributed by atoms with van der Waals surface area (Å²) in [6.45, 7) is 0. The van der Waals surface area contributed by atoms with Gasteiger partial charge in [-0.2, -0.15) is 0 Å². The number of aromatic nitrogens is 1. The Morgan fingerprint density at radius 3 is 2.79 bits per heavy atom. The zero-order valence-corrected chi connectivity index (χ0v) is 16.3. The van der Waals surface area contributed by atoms with Crippen LogP contribution in [0.4, 0.5) is 0 Å². The van der Waals surface area contributed by atoms with Crippen molar-refractivity contribution in [1.82, 2.24) is 4.57 Å². The molecule has 1 aliphatic heterocycles. The van der Waals surface area contributed by atoms with E-state index in [1.807, 2.05) is 6.07 Å². The number of carbonyl (C=O) groups is 1. The van der Waals surface area contributed by atoms with Crippen molar-refractivity contribution in [2.75, 3.05) is 7.11 Å². The Morgan fingerprint density at radius 1 is 1.21 bits per heavy atom. The highest BCUT2D eigenvalue weighted by Crippen LogP contribution is 2.32. The molecule has 0 saturated heterocycles. The van der Waals surface area contributed by atoms with Crippen LogP contribution in [0.15, 0.2) is 53.0 Å². The number of phenolic OH excluding ortho intramolecular Hbond substituents is 1. The van der Waals surface area contributed by atoms with Crippen molar-refractivity contribution in [2.24, 2.45) is 4.99 Å². The molecule has 0 fully saturated rings. The summed E-state index contributed by atoms with van der Waals surface area (Å²) in [5.41, 5.74) is 0.872. The van der Waals surface area contributed by atoms with Crippen LogP contribution in [0.1, 0.15) is 4.88 Å². The molecular weight excluding hydrogens is 396 g/mol. The number of hydrogen-bond acceptors (Lipinski definition) is 6. The van der Waals surface area contributed by atoms with Gasteiger partial charge in [0, 0.05) is 22.9 Å². The number of nitrogens with zero attached hydrogens (tertiary/aromatic N) is 2. The van der Waals surface area contributed by atoms with Gasteiger partial charge in [-0.05, 0) is 48.6 Å². The molecule has 2 N–H and O–H groups in total. The summed E-state index contributed by atoms with van der Waals surface area (Å²) >= 11 is 6.51. The lowest BCUT2D eigenvalue weighted by molar-refractivity contribution is -0.114. The fourth-order valence-electron chi connectivity index (χ4n) is 2.85. The maximum absolute atomic E-state index is 12.4. The quantitative estimate of drug-likeness (QED) is 0.512. The summed E-state index contributed by atoms with van der Waals surface area (Å²) in [4.78, 5) is 17.0. The maximum Gasteiger partial charge on any atom is 0.277 e. The van der Waals surface area contributed by atoms with Crippen LogP contribution in [0.3, 0.4) is 0 Å². The van der Waals surface area contributed by atoms with Gasteiger partial charge in [0.05, 0.1) is 23.0 Å². The van der Waals surface area contributed by atoms with Crippen LogP contribution in [0.25, 0.3) is 17.8 Å². The SMILES string of the molecule is COc1ccc2c(c1)=NC(=O)/C(=C\c1sc(=S)n(-c3cccc(O)c3)c1O)C=2. The van der Waals surface area contributed by atoms with E-state index in [1.165, 1.54) is 16.7 Å². The summed E-state index contributed by atoms with van der Waals surface area (Å²) in [6, 6.07) is 11.7. The van der Waals surface area contributed by atoms with Gasteiger partial charge in [0.25, 0.3) is 5.91 Å². The number of carbonyl (C=O) groups excluding carboxylic acids is 1. The van der Waals surface area contributed by atoms with Gasteiger partial charge in [0.15, 0.2) is 3.95 Å². The molecule has 3 aromatic rings. The number of fused-ring (bicyclic) bond motifs is 1. The van der Waals surface area contributed by atoms with Crippen molar-refractivity contribution in [3.63, 3.8) is 0 Å². The fraction of sp³-hybridized carbons (Fsp3) is 0.0500. The average molecular weight is 410 g/mol. The van der Waals surface area contributed by atoms with Crippen LogP contribution in [0.5, 0.6) is 17.4 Å². The molecule has 0 unspecified atom stereocenters. The molecule has 2 heterocycles. The van der Waals surface area contributed by atoms with Crippen molar-refractivity contribution in [1.29, 1.82) is 0 Å². The minimum absolute atomic E-state index is 0.0616. The van der Waals surface area contributed by atoms with Gasteiger partial charge in [0.2, 0.25) is 5.88 Å². The summed E-state index contributed by atoms with van der Waals surface area (Å²) in [5, 5.41) is 21.6. The van der Waals surface area contributed by atoms with Gasteiger partial charge in [-0.3, -0.25) is 9.36 Å². The van der Waals surface area contributed by atoms with Crippen molar-refractivity contribution in [3.8, 4) is 23.1 Å². The normalized spacial score (nSPS) is 14.3. The Hall–Kier alpha value is -3.23. The number of methoxy groups -OCH3 is 1. The number of aromatic hydroxyl groups is 2. The Labute approximate surface area is 168 Å². The van der Waals surface area contributed by atoms with E-state index in [-0.39, 0.29) is 11.6 Å². The fourth-order valence-corrected chi connectivity index (χ4v) is 4.15. The molecule has 0 spiro atoms. The highest BCUT2D eigenvalue weighted by molar-refractivity contribution is 7.73. The number of amides is 1. The zero-order chi connectivity index (χ0) is 19.8. The van der Waals surface area contributed by atoms with E-state index in [2.05, 4.69) is 4.99 Å². The zero-order valence-electron chi connectivity index (χ0n) is 14.6. The standard InChI is InChI=1S/C20H14N2O4S2/c1-26-15-6-5-11-7-12(18(24)21-16(11)10-15)8-17-19(25)22(20(27)28-17)13-3-2-4-14(23)9-13/h2-10,23,25H,1H3/b12-8-. The van der Waals surface area contributed by atoms with E-state index < -0.39 is 5.91 Å². The smallest absolute Gasteiger partial charge is 0.277 e. The second-order valence-electron chi connectivity index (χ2n) is 6.00. The first-order valence-electron chi connectivity index (χ1n) is 8.21. The van der Waals surface area contributed by atoms with Crippen LogP contribution in [0.2, 0.25) is 0 Å². The maximum atomic E-state index is 12.4. The average Bonchev–Trinajstić information content (AvgIpc) is 2.95. The molecule has 6 nitrogen and oxygen atoms in total. The number of ether oxygens (including phenoxy) is 1. The molecule has 0 aliphatic carbocycles. The molecule has 0 atom stereocenters. The molecule has 140 valence electrons. The third-order valence-electron chi connectivity index (χ3n) is 4.20. The van der Waals surface area contributed by atoms with E-state index in [0.29, 0.717) is 31.2 Å². The lowest BCUT2D eigenvalue weighted by Gasteiger charge is -2.06. The van der Waals surface area contributed by atoms with Gasteiger partial charge >= 0.3 is 0 Å². The predicted octanol–water partition coefficient (Wildman–Crippen LogP) is 2.71. The minimum atomic E-state index is -0.414. The van der Waals surface area contributed by atoms with Crippen molar-refractivity contribution < 1.29 is 19.7 Å². The first kappa shape index (κ1) is 18.1. The van der Waals surface area contributed by atoms with Crippen LogP contribution >= 0.6 is 23.6 Å². The molecule has 2 aromatic carbocycles. The van der Waals surface area contributed by atoms with Crippen molar-refractivity contribution in [3.05, 3.63) is 67.4 Å². The summed E-state index contributed by atoms with van der Waals surface area (Å²) in [6.07, 6.45) is 3.28. The molecule has 28 heavy (non-hydrogen) atoms. The van der Waals surface area contributed by atoms with Crippen LogP contribution in [-0.4, -0.2) is 27.8 Å². The Morgan fingerprint density at radius 2 is 2.04 bits per heavy atom. The number of hydrogen-bond donors (Lipinski definition) is 2. The van der Waals surface area contributed by atoms with E-state index >= 15 is 0 Å². The van der Waals surface area contributed by atoms with Gasteiger partial charge in [-0.1, -0.05) is 6.07 Å². The first-order chi connectivity index (χ1) is 13.5. The second kappa shape index (κ2) is 7.06. The minimum Gasteiger partial charge on any atom is -0.508 e. The summed E-state index contributed by atoms with van der Waals surface area (Å²) < 4.78 is 6.99. The Bertz CT molecular complexity index is 1320. The number of phenols is 1. The topological polar surface area (TPSA) is 84.0 Å². The molecule has 0 radical (unpaired) electrons. The summed E-state index contributed by atoms with van der Waals surface area (Å²) in [7, 11) is 1.55. The highest BCUT2D eigenvalue weighted by Gasteiger charge is 2.16. The Kier molecular flexibility index (Phi) is 4.58. The van der Waals surface area contributed by atoms with E-state index in [4.69, 9.17) is 17.0 Å². The second-order valence-corrected chi connectivity index (χ2v) is 7.67. The van der Waals surface area contributed by atoms with E-state index in [1.54, 1.807) is 43.5 Å². The molecule has 8 heteroatoms. The van der Waals surface area contributed by atoms with E-state index in [9.17, 15) is 15.0 Å². The third-order valence-corrected chi connectivity index (χ3v) is 5.51. The predicted molar refractivity (Wildman–Crippen MR) is 109 cm³/mol. The molecule has 1 amide bonds. The lowest BCUT2D eigenvalue weighted by atomic mass is 10.1. The van der Waals surface area contributed by atoms with Gasteiger partial charge in [-0.25, -0.2) is 4.99 Å². The molecule has 0 saturated carbocycles. The molecule has 4 rings (SSSR count). The lowest BCUT2D eigenvalue weighted by Crippen LogP contribution is -2.30. The third kappa shape index (κ3) is 3.23. The van der Waals surface area contributed by atoms with Gasteiger partial charge < -0.3 is 14.9 Å². The van der Waals surface area contributed by atoms with Crippen molar-refractivity contribution >= 4 is 41.6 Å². The van der Waals surface area contributed by atoms with E-state index in [0.717, 1.165) is 16.6 Å². The monoisotopic (exact) mass is 410 g/mol. The van der Waals surface area contributed by atoms with Crippen LogP contribution < -0.4 is 15.3 Å². The molecule has 0 bridgehead atoms. The van der Waals surface area contributed by atoms with Gasteiger partial charge in [-0.15, -0.1) is 11.3 Å². The molecular formula is C20H14N2O4S2.